The molecule has 1 unspecified atom stereocenters. The van der Waals surface area contributed by atoms with Crippen molar-refractivity contribution in [3.63, 3.8) is 0 Å². The maximum Gasteiger partial charge on any atom is 0.324 e. The van der Waals surface area contributed by atoms with Gasteiger partial charge in [-0.05, 0) is 31.0 Å². The van der Waals surface area contributed by atoms with Gasteiger partial charge in [-0.3, -0.25) is 4.79 Å². The van der Waals surface area contributed by atoms with Gasteiger partial charge in [-0.1, -0.05) is 0 Å². The van der Waals surface area contributed by atoms with Crippen molar-refractivity contribution < 1.29 is 22.3 Å². The van der Waals surface area contributed by atoms with Crippen molar-refractivity contribution >= 4 is 21.7 Å². The number of methoxy groups -OCH3 is 1. The molecule has 1 aliphatic heterocycles. The normalized spacial score (nSPS) is 20.0. The van der Waals surface area contributed by atoms with Gasteiger partial charge < -0.3 is 10.5 Å². The number of esters is 1. The van der Waals surface area contributed by atoms with Crippen molar-refractivity contribution in [1.82, 2.24) is 4.31 Å². The maximum atomic E-state index is 13.3. The molecule has 1 atom stereocenters. The van der Waals surface area contributed by atoms with Crippen LogP contribution in [0.5, 0.6) is 0 Å². The van der Waals surface area contributed by atoms with Crippen molar-refractivity contribution in [3.8, 4) is 0 Å². The SMILES string of the molecule is COC(=O)C1CCCN1S(=O)(=O)c1cc(N)cc(F)c1. The third-order valence-electron chi connectivity index (χ3n) is 3.18. The van der Waals surface area contributed by atoms with Crippen LogP contribution in [0.3, 0.4) is 0 Å². The number of nitrogen functional groups attached to an aromatic ring is 1. The van der Waals surface area contributed by atoms with Crippen molar-refractivity contribution in [2.75, 3.05) is 19.4 Å². The van der Waals surface area contributed by atoms with Gasteiger partial charge in [0, 0.05) is 12.2 Å². The summed E-state index contributed by atoms with van der Waals surface area (Å²) in [6, 6.07) is 2.22. The fourth-order valence-electron chi connectivity index (χ4n) is 2.27. The van der Waals surface area contributed by atoms with E-state index >= 15 is 0 Å². The highest BCUT2D eigenvalue weighted by atomic mass is 32.2. The fraction of sp³-hybridized carbons (Fsp3) is 0.417. The number of hydrogen-bond acceptors (Lipinski definition) is 5. The Morgan fingerprint density at radius 3 is 2.75 bits per heavy atom. The van der Waals surface area contributed by atoms with Gasteiger partial charge in [-0.2, -0.15) is 4.31 Å². The zero-order chi connectivity index (χ0) is 14.9. The molecule has 1 aliphatic rings. The number of rotatable bonds is 3. The van der Waals surface area contributed by atoms with Crippen molar-refractivity contribution in [2.45, 2.75) is 23.8 Å². The Bertz CT molecular complexity index is 612. The molecule has 1 aromatic carbocycles. The summed E-state index contributed by atoms with van der Waals surface area (Å²) < 4.78 is 43.9. The van der Waals surface area contributed by atoms with Gasteiger partial charge in [-0.15, -0.1) is 0 Å². The molecule has 0 amide bonds. The van der Waals surface area contributed by atoms with E-state index in [2.05, 4.69) is 4.74 Å². The predicted molar refractivity (Wildman–Crippen MR) is 69.7 cm³/mol. The summed E-state index contributed by atoms with van der Waals surface area (Å²) in [7, 11) is -2.78. The minimum Gasteiger partial charge on any atom is -0.468 e. The van der Waals surface area contributed by atoms with E-state index in [0.29, 0.717) is 12.8 Å². The van der Waals surface area contributed by atoms with E-state index in [1.807, 2.05) is 0 Å². The molecule has 8 heteroatoms. The number of carbonyl (C=O) groups is 1. The van der Waals surface area contributed by atoms with Crippen LogP contribution < -0.4 is 5.73 Å². The average Bonchev–Trinajstić information content (AvgIpc) is 2.86. The molecule has 6 nitrogen and oxygen atoms in total. The Kier molecular flexibility index (Phi) is 3.96. The highest BCUT2D eigenvalue weighted by Crippen LogP contribution is 2.28. The highest BCUT2D eigenvalue weighted by Gasteiger charge is 2.40. The molecule has 0 bridgehead atoms. The van der Waals surface area contributed by atoms with Crippen LogP contribution in [0.25, 0.3) is 0 Å². The van der Waals surface area contributed by atoms with Crippen LogP contribution in [0.15, 0.2) is 23.1 Å². The van der Waals surface area contributed by atoms with E-state index in [1.54, 1.807) is 0 Å². The number of ether oxygens (including phenoxy) is 1. The zero-order valence-electron chi connectivity index (χ0n) is 10.9. The van der Waals surface area contributed by atoms with Gasteiger partial charge in [0.1, 0.15) is 11.9 Å². The lowest BCUT2D eigenvalue weighted by molar-refractivity contribution is -0.144. The van der Waals surface area contributed by atoms with E-state index in [-0.39, 0.29) is 17.1 Å². The maximum absolute atomic E-state index is 13.3. The first-order chi connectivity index (χ1) is 9.36. The van der Waals surface area contributed by atoms with Crippen LogP contribution in [0.1, 0.15) is 12.8 Å². The van der Waals surface area contributed by atoms with E-state index < -0.39 is 27.9 Å². The van der Waals surface area contributed by atoms with Crippen LogP contribution >= 0.6 is 0 Å². The quantitative estimate of drug-likeness (QED) is 0.657. The molecule has 110 valence electrons. The summed E-state index contributed by atoms with van der Waals surface area (Å²) in [5, 5.41) is 0. The number of halogens is 1. The molecule has 2 N–H and O–H groups in total. The lowest BCUT2D eigenvalue weighted by Gasteiger charge is -2.22. The lowest BCUT2D eigenvalue weighted by Crippen LogP contribution is -2.41. The number of hydrogen-bond donors (Lipinski definition) is 1. The first-order valence-electron chi connectivity index (χ1n) is 6.02. The van der Waals surface area contributed by atoms with Crippen molar-refractivity contribution in [2.24, 2.45) is 0 Å². The van der Waals surface area contributed by atoms with Crippen LogP contribution in [0, 0.1) is 5.82 Å². The van der Waals surface area contributed by atoms with E-state index in [4.69, 9.17) is 5.73 Å². The smallest absolute Gasteiger partial charge is 0.324 e. The van der Waals surface area contributed by atoms with Gasteiger partial charge in [0.05, 0.1) is 12.0 Å². The number of carbonyl (C=O) groups excluding carboxylic acids is 1. The Morgan fingerprint density at radius 1 is 1.45 bits per heavy atom. The van der Waals surface area contributed by atoms with Crippen molar-refractivity contribution in [3.05, 3.63) is 24.0 Å². The van der Waals surface area contributed by atoms with Gasteiger partial charge in [0.25, 0.3) is 0 Å². The second-order valence-corrected chi connectivity index (χ2v) is 6.41. The van der Waals surface area contributed by atoms with Crippen LogP contribution in [0.2, 0.25) is 0 Å². The average molecular weight is 302 g/mol. The number of anilines is 1. The first kappa shape index (κ1) is 14.7. The molecule has 0 saturated carbocycles. The molecule has 0 aliphatic carbocycles. The van der Waals surface area contributed by atoms with Gasteiger partial charge in [-0.25, -0.2) is 12.8 Å². The summed E-state index contributed by atoms with van der Waals surface area (Å²) >= 11 is 0. The molecule has 1 aromatic rings. The Morgan fingerprint density at radius 2 is 2.15 bits per heavy atom. The predicted octanol–water partition coefficient (Wildman–Crippen LogP) is 0.734. The summed E-state index contributed by atoms with van der Waals surface area (Å²) in [4.78, 5) is 11.4. The van der Waals surface area contributed by atoms with Crippen LogP contribution in [-0.4, -0.2) is 38.4 Å². The molecule has 1 saturated heterocycles. The number of nitrogens with zero attached hydrogens (tertiary/aromatic N) is 1. The number of sulfonamides is 1. The molecule has 1 fully saturated rings. The second-order valence-electron chi connectivity index (χ2n) is 4.52. The molecule has 2 rings (SSSR count). The van der Waals surface area contributed by atoms with Crippen LogP contribution in [0.4, 0.5) is 10.1 Å². The highest BCUT2D eigenvalue weighted by molar-refractivity contribution is 7.89. The topological polar surface area (TPSA) is 89.7 Å². The monoisotopic (exact) mass is 302 g/mol. The summed E-state index contributed by atoms with van der Waals surface area (Å²) in [6.45, 7) is 0.193. The molecular weight excluding hydrogens is 287 g/mol. The summed E-state index contributed by atoms with van der Waals surface area (Å²) in [5.74, 6) is -1.35. The molecule has 0 aromatic heterocycles. The van der Waals surface area contributed by atoms with Gasteiger partial charge in [0.15, 0.2) is 0 Å². The third kappa shape index (κ3) is 2.61. The van der Waals surface area contributed by atoms with Crippen LogP contribution in [-0.2, 0) is 19.6 Å². The fourth-order valence-corrected chi connectivity index (χ4v) is 3.98. The third-order valence-corrected chi connectivity index (χ3v) is 5.06. The molecule has 0 spiro atoms. The molecule has 0 radical (unpaired) electrons. The molecule has 20 heavy (non-hydrogen) atoms. The van der Waals surface area contributed by atoms with Gasteiger partial charge >= 0.3 is 5.97 Å². The zero-order valence-corrected chi connectivity index (χ0v) is 11.7. The molecule has 1 heterocycles. The molecular formula is C12H15FN2O4S. The van der Waals surface area contributed by atoms with E-state index in [9.17, 15) is 17.6 Å². The summed E-state index contributed by atoms with van der Waals surface area (Å²) in [6.07, 6.45) is 0.931. The first-order valence-corrected chi connectivity index (χ1v) is 7.46. The minimum absolute atomic E-state index is 0.0115. The minimum atomic E-state index is -3.98. The van der Waals surface area contributed by atoms with Gasteiger partial charge in [0.2, 0.25) is 10.0 Å². The lowest BCUT2D eigenvalue weighted by atomic mass is 10.2. The van der Waals surface area contributed by atoms with E-state index in [1.165, 1.54) is 13.2 Å². The Labute approximate surface area is 116 Å². The Hall–Kier alpha value is -1.67. The summed E-state index contributed by atoms with van der Waals surface area (Å²) in [5.41, 5.74) is 5.47. The number of nitrogens with two attached hydrogens (primary N) is 1. The Balaban J connectivity index is 2.41. The number of benzene rings is 1. The van der Waals surface area contributed by atoms with Crippen molar-refractivity contribution in [1.29, 1.82) is 0 Å². The second kappa shape index (κ2) is 5.37. The largest absolute Gasteiger partial charge is 0.468 e. The standard InChI is InChI=1S/C12H15FN2O4S/c1-19-12(16)11-3-2-4-15(11)20(17,18)10-6-8(13)5-9(14)7-10/h5-7,11H,2-4,14H2,1H3. The van der Waals surface area contributed by atoms with E-state index in [0.717, 1.165) is 16.4 Å².